The molecule has 0 saturated carbocycles. The zero-order valence-electron chi connectivity index (χ0n) is 20.5. The third-order valence-electron chi connectivity index (χ3n) is 6.34. The van der Waals surface area contributed by atoms with Crippen molar-refractivity contribution in [3.8, 4) is 5.75 Å². The first kappa shape index (κ1) is 24.9. The van der Waals surface area contributed by atoms with E-state index in [0.717, 1.165) is 44.8 Å². The maximum absolute atomic E-state index is 13.2. The van der Waals surface area contributed by atoms with Gasteiger partial charge in [-0.1, -0.05) is 44.2 Å². The normalized spacial score (nSPS) is 20.5. The maximum atomic E-state index is 13.2. The first-order valence-corrected chi connectivity index (χ1v) is 12.3. The van der Waals surface area contributed by atoms with Gasteiger partial charge >= 0.3 is 0 Å². The van der Waals surface area contributed by atoms with Gasteiger partial charge in [0.05, 0.1) is 31.4 Å². The highest BCUT2D eigenvalue weighted by Crippen LogP contribution is 2.39. The summed E-state index contributed by atoms with van der Waals surface area (Å²) in [4.78, 5) is 30.2. The van der Waals surface area contributed by atoms with Crippen molar-refractivity contribution >= 4 is 17.4 Å². The highest BCUT2D eigenvalue weighted by atomic mass is 16.5. The Hall–Kier alpha value is -3.16. The molecular weight excluding hydrogens is 444 g/mol. The number of aliphatic hydroxyl groups excluding tert-OH is 1. The lowest BCUT2D eigenvalue weighted by molar-refractivity contribution is -0.140. The average Bonchev–Trinajstić information content (AvgIpc) is 3.13. The Bertz CT molecular complexity index is 1040. The van der Waals surface area contributed by atoms with Crippen molar-refractivity contribution in [2.75, 3.05) is 46.0 Å². The molecular formula is C28H34N2O5. The van der Waals surface area contributed by atoms with Crippen molar-refractivity contribution in [2.45, 2.75) is 26.3 Å². The molecule has 186 valence electrons. The number of aliphatic hydroxyl groups is 1. The number of nitrogens with zero attached hydrogens (tertiary/aromatic N) is 2. The van der Waals surface area contributed by atoms with Crippen LogP contribution >= 0.6 is 0 Å². The van der Waals surface area contributed by atoms with Gasteiger partial charge in [0.1, 0.15) is 11.5 Å². The smallest absolute Gasteiger partial charge is 0.295 e. The second-order valence-electron chi connectivity index (χ2n) is 9.44. The number of benzene rings is 2. The number of ketones is 1. The van der Waals surface area contributed by atoms with E-state index in [-0.39, 0.29) is 11.3 Å². The van der Waals surface area contributed by atoms with Gasteiger partial charge in [-0.05, 0) is 42.2 Å². The number of ether oxygens (including phenoxy) is 2. The number of hydrogen-bond acceptors (Lipinski definition) is 6. The van der Waals surface area contributed by atoms with Crippen LogP contribution in [0.3, 0.4) is 0 Å². The minimum absolute atomic E-state index is 0.128. The highest BCUT2D eigenvalue weighted by molar-refractivity contribution is 6.46. The fraction of sp³-hybridized carbons (Fsp3) is 0.429. The van der Waals surface area contributed by atoms with Crippen molar-refractivity contribution in [1.29, 1.82) is 0 Å². The maximum Gasteiger partial charge on any atom is 0.295 e. The summed E-state index contributed by atoms with van der Waals surface area (Å²) in [5.74, 6) is -0.294. The van der Waals surface area contributed by atoms with Crippen LogP contribution in [0, 0.1) is 5.92 Å². The Morgan fingerprint density at radius 3 is 2.37 bits per heavy atom. The van der Waals surface area contributed by atoms with Gasteiger partial charge in [0.2, 0.25) is 0 Å². The van der Waals surface area contributed by atoms with Gasteiger partial charge in [-0.25, -0.2) is 0 Å². The predicted molar refractivity (Wildman–Crippen MR) is 134 cm³/mol. The molecule has 2 fully saturated rings. The number of rotatable bonds is 9. The van der Waals surface area contributed by atoms with Gasteiger partial charge in [0, 0.05) is 31.7 Å². The molecule has 0 unspecified atom stereocenters. The van der Waals surface area contributed by atoms with Crippen LogP contribution in [0.1, 0.15) is 37.4 Å². The molecule has 2 aliphatic heterocycles. The number of morpholine rings is 1. The molecule has 0 aromatic heterocycles. The summed E-state index contributed by atoms with van der Waals surface area (Å²) in [6.45, 7) is 9.18. The van der Waals surface area contributed by atoms with E-state index in [2.05, 4.69) is 18.7 Å². The molecule has 0 spiro atoms. The predicted octanol–water partition coefficient (Wildman–Crippen LogP) is 3.87. The van der Waals surface area contributed by atoms with Crippen LogP contribution in [-0.4, -0.2) is 72.6 Å². The summed E-state index contributed by atoms with van der Waals surface area (Å²) >= 11 is 0. The van der Waals surface area contributed by atoms with Crippen LogP contribution in [0.2, 0.25) is 0 Å². The summed E-state index contributed by atoms with van der Waals surface area (Å²) in [5.41, 5.74) is 1.41. The fourth-order valence-corrected chi connectivity index (χ4v) is 4.51. The Labute approximate surface area is 206 Å². The lowest BCUT2D eigenvalue weighted by Crippen LogP contribution is -2.38. The summed E-state index contributed by atoms with van der Waals surface area (Å²) in [6.07, 6.45) is 0.734. The molecule has 2 heterocycles. The third kappa shape index (κ3) is 5.92. The number of carbonyl (C=O) groups is 2. The standard InChI is InChI=1S/C28H34N2O5/c1-20(2)19-35-23-11-9-22(10-12-23)26(31)24-25(21-7-4-3-5-8-21)30(28(33)27(24)32)14-6-13-29-15-17-34-18-16-29/h3-5,7-12,20,25,31H,6,13-19H2,1-2H3/b26-24+/t25-/m1/s1. The lowest BCUT2D eigenvalue weighted by atomic mass is 9.95. The van der Waals surface area contributed by atoms with Crippen molar-refractivity contribution in [3.63, 3.8) is 0 Å². The van der Waals surface area contributed by atoms with Gasteiger partial charge in [-0.15, -0.1) is 0 Å². The van der Waals surface area contributed by atoms with Crippen molar-refractivity contribution in [2.24, 2.45) is 5.92 Å². The molecule has 2 aliphatic rings. The zero-order valence-corrected chi connectivity index (χ0v) is 20.5. The summed E-state index contributed by atoms with van der Waals surface area (Å²) in [7, 11) is 0. The topological polar surface area (TPSA) is 79.3 Å². The summed E-state index contributed by atoms with van der Waals surface area (Å²) < 4.78 is 11.1. The van der Waals surface area contributed by atoms with E-state index in [9.17, 15) is 14.7 Å². The number of Topliss-reactive ketones (excluding diaryl/α,β-unsaturated/α-hetero) is 1. The van der Waals surface area contributed by atoms with Crippen LogP contribution in [-0.2, 0) is 14.3 Å². The van der Waals surface area contributed by atoms with Crippen LogP contribution in [0.4, 0.5) is 0 Å². The molecule has 0 aliphatic carbocycles. The first-order chi connectivity index (χ1) is 17.0. The van der Waals surface area contributed by atoms with Gasteiger partial charge in [0.15, 0.2) is 0 Å². The number of amides is 1. The molecule has 1 N–H and O–H groups in total. The molecule has 7 heteroatoms. The molecule has 4 rings (SSSR count). The molecule has 35 heavy (non-hydrogen) atoms. The Kier molecular flexibility index (Phi) is 8.21. The molecule has 0 bridgehead atoms. The van der Waals surface area contributed by atoms with E-state index < -0.39 is 17.7 Å². The number of carbonyl (C=O) groups excluding carboxylic acids is 2. The minimum atomic E-state index is -0.650. The van der Waals surface area contributed by atoms with E-state index in [1.807, 2.05) is 30.3 Å². The Morgan fingerprint density at radius 2 is 1.71 bits per heavy atom. The molecule has 2 aromatic rings. The largest absolute Gasteiger partial charge is 0.507 e. The van der Waals surface area contributed by atoms with Crippen molar-refractivity contribution in [1.82, 2.24) is 9.80 Å². The van der Waals surface area contributed by atoms with E-state index in [0.29, 0.717) is 30.4 Å². The number of hydrogen-bond donors (Lipinski definition) is 1. The van der Waals surface area contributed by atoms with Gasteiger partial charge in [-0.3, -0.25) is 14.5 Å². The number of likely N-dealkylation sites (tertiary alicyclic amines) is 1. The van der Waals surface area contributed by atoms with E-state index in [1.54, 1.807) is 29.2 Å². The zero-order chi connectivity index (χ0) is 24.8. The molecule has 1 atom stereocenters. The average molecular weight is 479 g/mol. The molecule has 7 nitrogen and oxygen atoms in total. The van der Waals surface area contributed by atoms with Crippen LogP contribution in [0.15, 0.2) is 60.2 Å². The summed E-state index contributed by atoms with van der Waals surface area (Å²) in [5, 5.41) is 11.2. The van der Waals surface area contributed by atoms with Crippen molar-refractivity contribution in [3.05, 3.63) is 71.3 Å². The SMILES string of the molecule is CC(C)COc1ccc(/C(O)=C2\C(=O)C(=O)N(CCCN3CCOCC3)[C@@H]2c2ccccc2)cc1. The summed E-state index contributed by atoms with van der Waals surface area (Å²) in [6, 6.07) is 15.8. The van der Waals surface area contributed by atoms with Crippen molar-refractivity contribution < 1.29 is 24.2 Å². The Balaban J connectivity index is 1.59. The second-order valence-corrected chi connectivity index (χ2v) is 9.44. The molecule has 1 amide bonds. The minimum Gasteiger partial charge on any atom is -0.507 e. The molecule has 0 radical (unpaired) electrons. The quantitative estimate of drug-likeness (QED) is 0.335. The first-order valence-electron chi connectivity index (χ1n) is 12.3. The van der Waals surface area contributed by atoms with Gasteiger partial charge < -0.3 is 19.5 Å². The van der Waals surface area contributed by atoms with Crippen LogP contribution in [0.5, 0.6) is 5.75 Å². The van der Waals surface area contributed by atoms with E-state index in [1.165, 1.54) is 0 Å². The molecule has 2 aromatic carbocycles. The lowest BCUT2D eigenvalue weighted by Gasteiger charge is -2.29. The van der Waals surface area contributed by atoms with E-state index >= 15 is 0 Å². The monoisotopic (exact) mass is 478 g/mol. The highest BCUT2D eigenvalue weighted by Gasteiger charge is 2.45. The molecule has 2 saturated heterocycles. The third-order valence-corrected chi connectivity index (χ3v) is 6.34. The fourth-order valence-electron chi connectivity index (χ4n) is 4.51. The van der Waals surface area contributed by atoms with Crippen LogP contribution in [0.25, 0.3) is 5.76 Å². The second kappa shape index (κ2) is 11.5. The van der Waals surface area contributed by atoms with Gasteiger partial charge in [-0.2, -0.15) is 0 Å². The van der Waals surface area contributed by atoms with Gasteiger partial charge in [0.25, 0.3) is 11.7 Å². The Morgan fingerprint density at radius 1 is 1.03 bits per heavy atom. The van der Waals surface area contributed by atoms with E-state index in [4.69, 9.17) is 9.47 Å². The van der Waals surface area contributed by atoms with Crippen LogP contribution < -0.4 is 4.74 Å².